The number of fused-ring (bicyclic) bond motifs is 3. The van der Waals surface area contributed by atoms with Crippen molar-refractivity contribution in [1.82, 2.24) is 0 Å². The lowest BCUT2D eigenvalue weighted by atomic mass is 9.83. The first-order chi connectivity index (χ1) is 5.79. The Kier molecular flexibility index (Phi) is 1.08. The van der Waals surface area contributed by atoms with E-state index in [4.69, 9.17) is 0 Å². The Labute approximate surface area is 74.4 Å². The van der Waals surface area contributed by atoms with E-state index in [1.165, 1.54) is 12.8 Å². The molecule has 64 valence electrons. The van der Waals surface area contributed by atoms with Crippen LogP contribution in [0.5, 0.6) is 0 Å². The highest BCUT2D eigenvalue weighted by Crippen LogP contribution is 2.72. The van der Waals surface area contributed by atoms with Crippen molar-refractivity contribution in [3.05, 3.63) is 23.8 Å². The number of allylic oxidation sites excluding steroid dienone is 4. The van der Waals surface area contributed by atoms with Crippen LogP contribution in [-0.4, -0.2) is 0 Å². The van der Waals surface area contributed by atoms with Crippen LogP contribution in [0.3, 0.4) is 0 Å². The zero-order chi connectivity index (χ0) is 8.34. The summed E-state index contributed by atoms with van der Waals surface area (Å²) in [5.41, 5.74) is 2.43. The molecule has 2 bridgehead atoms. The molecule has 0 aromatic heterocycles. The van der Waals surface area contributed by atoms with Crippen LogP contribution in [-0.2, 0) is 0 Å². The molecule has 0 radical (unpaired) electrons. The third-order valence-corrected chi connectivity index (χ3v) is 4.36. The van der Waals surface area contributed by atoms with Crippen LogP contribution in [0.2, 0.25) is 0 Å². The van der Waals surface area contributed by atoms with Crippen molar-refractivity contribution in [2.45, 2.75) is 26.7 Å². The average Bonchev–Trinajstić information content (AvgIpc) is 2.54. The fourth-order valence-electron chi connectivity index (χ4n) is 3.72. The van der Waals surface area contributed by atoms with Crippen molar-refractivity contribution >= 4 is 0 Å². The van der Waals surface area contributed by atoms with Crippen molar-refractivity contribution in [3.63, 3.8) is 0 Å². The van der Waals surface area contributed by atoms with Crippen molar-refractivity contribution in [3.8, 4) is 0 Å². The van der Waals surface area contributed by atoms with Crippen molar-refractivity contribution < 1.29 is 0 Å². The monoisotopic (exact) mass is 160 g/mol. The Bertz CT molecular complexity index is 284. The lowest BCUT2D eigenvalue weighted by Crippen LogP contribution is -2.12. The Morgan fingerprint density at radius 1 is 1.50 bits per heavy atom. The van der Waals surface area contributed by atoms with Gasteiger partial charge in [0.15, 0.2) is 0 Å². The zero-order valence-corrected chi connectivity index (χ0v) is 7.88. The van der Waals surface area contributed by atoms with Gasteiger partial charge in [-0.2, -0.15) is 0 Å². The van der Waals surface area contributed by atoms with Gasteiger partial charge in [-0.1, -0.05) is 30.7 Å². The van der Waals surface area contributed by atoms with Crippen LogP contribution >= 0.6 is 0 Å². The number of hydrogen-bond acceptors (Lipinski definition) is 0. The molecule has 2 saturated carbocycles. The predicted octanol–water partition coefficient (Wildman–Crippen LogP) is 3.16. The first-order valence-corrected chi connectivity index (χ1v) is 5.14. The van der Waals surface area contributed by atoms with Crippen molar-refractivity contribution in [2.24, 2.45) is 23.2 Å². The van der Waals surface area contributed by atoms with Crippen LogP contribution in [0.1, 0.15) is 26.7 Å². The van der Waals surface area contributed by atoms with E-state index in [1.807, 2.05) is 0 Å². The highest BCUT2D eigenvalue weighted by Gasteiger charge is 2.63. The molecule has 0 heteroatoms. The van der Waals surface area contributed by atoms with Gasteiger partial charge in [0.05, 0.1) is 0 Å². The average molecular weight is 160 g/mol. The molecule has 12 heavy (non-hydrogen) atoms. The van der Waals surface area contributed by atoms with E-state index in [9.17, 15) is 0 Å². The van der Waals surface area contributed by atoms with Crippen LogP contribution in [0, 0.1) is 23.2 Å². The predicted molar refractivity (Wildman–Crippen MR) is 50.7 cm³/mol. The second-order valence-electron chi connectivity index (χ2n) is 4.72. The minimum Gasteiger partial charge on any atom is -0.0873 e. The first-order valence-electron chi connectivity index (χ1n) is 5.14. The standard InChI is InChI=1S/C12H16/c1-3-11-9-4-5-10(6-9)12(11)7-8(12)2/h3-5,8-10H,6-7H2,1-2H3. The molecule has 1 spiro atoms. The largest absolute Gasteiger partial charge is 0.0873 e. The van der Waals surface area contributed by atoms with E-state index in [2.05, 4.69) is 32.1 Å². The summed E-state index contributed by atoms with van der Waals surface area (Å²) in [5, 5.41) is 0. The summed E-state index contributed by atoms with van der Waals surface area (Å²) in [4.78, 5) is 0. The second kappa shape index (κ2) is 1.86. The van der Waals surface area contributed by atoms with Gasteiger partial charge in [0, 0.05) is 5.41 Å². The van der Waals surface area contributed by atoms with Gasteiger partial charge in [0.25, 0.3) is 0 Å². The fraction of sp³-hybridized carbons (Fsp3) is 0.667. The summed E-state index contributed by atoms with van der Waals surface area (Å²) in [6, 6.07) is 0. The number of hydrogen-bond donors (Lipinski definition) is 0. The molecule has 4 unspecified atom stereocenters. The molecule has 3 aliphatic carbocycles. The number of rotatable bonds is 0. The minimum absolute atomic E-state index is 0.661. The molecule has 0 aliphatic heterocycles. The maximum absolute atomic E-state index is 2.47. The van der Waals surface area contributed by atoms with Gasteiger partial charge >= 0.3 is 0 Å². The third-order valence-electron chi connectivity index (χ3n) is 4.36. The van der Waals surface area contributed by atoms with Gasteiger partial charge in [-0.3, -0.25) is 0 Å². The molecule has 4 atom stereocenters. The molecule has 0 aromatic carbocycles. The lowest BCUT2D eigenvalue weighted by Gasteiger charge is -2.21. The van der Waals surface area contributed by atoms with Gasteiger partial charge in [0.2, 0.25) is 0 Å². The molecule has 3 aliphatic rings. The van der Waals surface area contributed by atoms with E-state index in [1.54, 1.807) is 5.57 Å². The van der Waals surface area contributed by atoms with E-state index in [0.29, 0.717) is 5.41 Å². The molecule has 0 heterocycles. The normalized spacial score (nSPS) is 57.5. The molecule has 0 nitrogen and oxygen atoms in total. The summed E-state index contributed by atoms with van der Waals surface area (Å²) in [6.45, 7) is 4.63. The molecule has 0 aromatic rings. The molecular weight excluding hydrogens is 144 g/mol. The van der Waals surface area contributed by atoms with Crippen LogP contribution in [0.4, 0.5) is 0 Å². The Balaban J connectivity index is 2.10. The molecule has 3 rings (SSSR count). The quantitative estimate of drug-likeness (QED) is 0.477. The van der Waals surface area contributed by atoms with E-state index >= 15 is 0 Å². The summed E-state index contributed by atoms with van der Waals surface area (Å²) < 4.78 is 0. The highest BCUT2D eigenvalue weighted by molar-refractivity contribution is 5.41. The fourth-order valence-corrected chi connectivity index (χ4v) is 3.72. The SMILES string of the molecule is CC=C1C2C=CC(C2)C12CC2C. The van der Waals surface area contributed by atoms with Gasteiger partial charge in [0.1, 0.15) is 0 Å². The molecule has 0 N–H and O–H groups in total. The Hall–Kier alpha value is -0.520. The first kappa shape index (κ1) is 6.94. The van der Waals surface area contributed by atoms with Gasteiger partial charge in [-0.15, -0.1) is 0 Å². The smallest absolute Gasteiger partial charge is 0.000947 e. The molecule has 0 amide bonds. The van der Waals surface area contributed by atoms with Crippen LogP contribution < -0.4 is 0 Å². The van der Waals surface area contributed by atoms with Crippen molar-refractivity contribution in [1.29, 1.82) is 0 Å². The summed E-state index contributed by atoms with van der Waals surface area (Å²) >= 11 is 0. The van der Waals surface area contributed by atoms with Crippen LogP contribution in [0.15, 0.2) is 23.8 Å². The second-order valence-corrected chi connectivity index (χ2v) is 4.72. The Morgan fingerprint density at radius 2 is 2.25 bits per heavy atom. The van der Waals surface area contributed by atoms with Gasteiger partial charge in [-0.05, 0) is 37.5 Å². The van der Waals surface area contributed by atoms with E-state index in [-0.39, 0.29) is 0 Å². The minimum atomic E-state index is 0.661. The van der Waals surface area contributed by atoms with Crippen molar-refractivity contribution in [2.75, 3.05) is 0 Å². The maximum Gasteiger partial charge on any atom is 0.000947 e. The third kappa shape index (κ3) is 0.542. The van der Waals surface area contributed by atoms with Gasteiger partial charge < -0.3 is 0 Å². The van der Waals surface area contributed by atoms with Gasteiger partial charge in [-0.25, -0.2) is 0 Å². The van der Waals surface area contributed by atoms with Crippen LogP contribution in [0.25, 0.3) is 0 Å². The zero-order valence-electron chi connectivity index (χ0n) is 7.88. The molecular formula is C12H16. The summed E-state index contributed by atoms with van der Waals surface area (Å²) in [5.74, 6) is 2.69. The van der Waals surface area contributed by atoms with E-state index < -0.39 is 0 Å². The highest BCUT2D eigenvalue weighted by atomic mass is 14.7. The Morgan fingerprint density at radius 3 is 2.75 bits per heavy atom. The maximum atomic E-state index is 2.47. The summed E-state index contributed by atoms with van der Waals surface area (Å²) in [6.07, 6.45) is 10.2. The lowest BCUT2D eigenvalue weighted by molar-refractivity contribution is 0.458. The summed E-state index contributed by atoms with van der Waals surface area (Å²) in [7, 11) is 0. The topological polar surface area (TPSA) is 0 Å². The van der Waals surface area contributed by atoms with E-state index in [0.717, 1.165) is 17.8 Å². The molecule has 2 fully saturated rings. The molecule has 0 saturated heterocycles.